The van der Waals surface area contributed by atoms with Crippen LogP contribution in [0.3, 0.4) is 0 Å². The summed E-state index contributed by atoms with van der Waals surface area (Å²) in [6.45, 7) is 4.54. The van der Waals surface area contributed by atoms with Crippen molar-refractivity contribution in [1.82, 2.24) is 9.78 Å². The predicted molar refractivity (Wildman–Crippen MR) is 109 cm³/mol. The van der Waals surface area contributed by atoms with Crippen LogP contribution in [0.2, 0.25) is 5.02 Å². The molecule has 1 fully saturated rings. The van der Waals surface area contributed by atoms with Crippen LogP contribution in [0.15, 0.2) is 12.1 Å². The fraction of sp³-hybridized carbons (Fsp3) is 0.474. The van der Waals surface area contributed by atoms with E-state index in [2.05, 4.69) is 10.4 Å². The van der Waals surface area contributed by atoms with Crippen LogP contribution < -0.4 is 14.8 Å². The van der Waals surface area contributed by atoms with Crippen molar-refractivity contribution in [2.75, 3.05) is 30.0 Å². The normalized spacial score (nSPS) is 19.9. The summed E-state index contributed by atoms with van der Waals surface area (Å²) >= 11 is 6.30. The van der Waals surface area contributed by atoms with Gasteiger partial charge in [-0.1, -0.05) is 11.6 Å². The van der Waals surface area contributed by atoms with E-state index in [0.29, 0.717) is 53.1 Å². The van der Waals surface area contributed by atoms with Gasteiger partial charge in [0.15, 0.2) is 21.3 Å². The highest BCUT2D eigenvalue weighted by Crippen LogP contribution is 2.36. The molecule has 29 heavy (non-hydrogen) atoms. The number of nitrogens with one attached hydrogen (secondary N) is 1. The highest BCUT2D eigenvalue weighted by Gasteiger charge is 2.31. The van der Waals surface area contributed by atoms with Gasteiger partial charge in [-0.25, -0.2) is 8.42 Å². The molecule has 1 unspecified atom stereocenters. The Bertz CT molecular complexity index is 1080. The van der Waals surface area contributed by atoms with Gasteiger partial charge >= 0.3 is 0 Å². The molecule has 1 amide bonds. The number of carbonyl (C=O) groups is 1. The Labute approximate surface area is 174 Å². The van der Waals surface area contributed by atoms with Crippen molar-refractivity contribution < 1.29 is 22.7 Å². The number of aromatic nitrogens is 2. The molecule has 1 N–H and O–H groups in total. The molecule has 8 nitrogen and oxygen atoms in total. The number of aryl methyl sites for hydroxylation is 1. The molecule has 0 saturated carbocycles. The Morgan fingerprint density at radius 2 is 1.97 bits per heavy atom. The number of amides is 1. The lowest BCUT2D eigenvalue weighted by molar-refractivity contribution is -0.115. The Morgan fingerprint density at radius 3 is 2.62 bits per heavy atom. The molecule has 1 aromatic heterocycles. The van der Waals surface area contributed by atoms with E-state index in [9.17, 15) is 13.2 Å². The molecule has 4 rings (SSSR count). The molecule has 1 aromatic carbocycles. The predicted octanol–water partition coefficient (Wildman–Crippen LogP) is 2.47. The smallest absolute Gasteiger partial charge is 0.228 e. The number of fused-ring (bicyclic) bond motifs is 1. The number of hydrogen-bond acceptors (Lipinski definition) is 6. The molecule has 156 valence electrons. The van der Waals surface area contributed by atoms with E-state index in [4.69, 9.17) is 21.1 Å². The van der Waals surface area contributed by atoms with E-state index in [1.165, 1.54) is 0 Å². The highest BCUT2D eigenvalue weighted by molar-refractivity contribution is 7.91. The first-order valence-electron chi connectivity index (χ1n) is 9.37. The van der Waals surface area contributed by atoms with E-state index in [0.717, 1.165) is 5.69 Å². The minimum Gasteiger partial charge on any atom is -0.486 e. The number of carbonyl (C=O) groups excluding carboxylic acids is 1. The molecule has 0 bridgehead atoms. The van der Waals surface area contributed by atoms with E-state index in [1.54, 1.807) is 23.7 Å². The van der Waals surface area contributed by atoms with Gasteiger partial charge in [-0.05, 0) is 31.9 Å². The van der Waals surface area contributed by atoms with Crippen molar-refractivity contribution in [1.29, 1.82) is 0 Å². The Kier molecular flexibility index (Phi) is 5.20. The van der Waals surface area contributed by atoms with Gasteiger partial charge in [-0.15, -0.1) is 0 Å². The summed E-state index contributed by atoms with van der Waals surface area (Å²) < 4.78 is 36.3. The lowest BCUT2D eigenvalue weighted by atomic mass is 10.1. The van der Waals surface area contributed by atoms with Gasteiger partial charge in [-0.2, -0.15) is 5.10 Å². The molecule has 2 aromatic rings. The number of hydrogen-bond donors (Lipinski definition) is 1. The van der Waals surface area contributed by atoms with Gasteiger partial charge in [0, 0.05) is 11.1 Å². The summed E-state index contributed by atoms with van der Waals surface area (Å²) in [5.41, 5.74) is 2.63. The van der Waals surface area contributed by atoms with Gasteiger partial charge in [-0.3, -0.25) is 9.48 Å². The minimum atomic E-state index is -3.03. The van der Waals surface area contributed by atoms with E-state index in [1.807, 2.05) is 6.92 Å². The molecule has 10 heteroatoms. The fourth-order valence-corrected chi connectivity index (χ4v) is 5.68. The zero-order valence-corrected chi connectivity index (χ0v) is 17.8. The van der Waals surface area contributed by atoms with Crippen LogP contribution in [0.4, 0.5) is 5.69 Å². The zero-order chi connectivity index (χ0) is 20.8. The number of benzene rings is 1. The molecule has 0 aliphatic carbocycles. The molecular formula is C19H22ClN3O5S. The number of halogens is 1. The number of rotatable bonds is 4. The van der Waals surface area contributed by atoms with Crippen LogP contribution in [0.5, 0.6) is 11.5 Å². The molecule has 0 radical (unpaired) electrons. The molecule has 0 spiro atoms. The second-order valence-corrected chi connectivity index (χ2v) is 10.00. The molecule has 1 saturated heterocycles. The van der Waals surface area contributed by atoms with Crippen LogP contribution in [-0.4, -0.2) is 48.8 Å². The summed E-state index contributed by atoms with van der Waals surface area (Å²) in [7, 11) is -3.03. The SMILES string of the molecule is Cc1nn(C2CCS(=O)(=O)C2)c(C)c1NC(=O)Cc1cc2c(cc1Cl)OCCO2. The summed E-state index contributed by atoms with van der Waals surface area (Å²) in [4.78, 5) is 12.7. The average molecular weight is 440 g/mol. The third-order valence-electron chi connectivity index (χ3n) is 5.21. The van der Waals surface area contributed by atoms with Gasteiger partial charge in [0.25, 0.3) is 0 Å². The maximum absolute atomic E-state index is 12.7. The van der Waals surface area contributed by atoms with Crippen molar-refractivity contribution >= 4 is 33.0 Å². The first-order chi connectivity index (χ1) is 13.7. The van der Waals surface area contributed by atoms with Crippen LogP contribution >= 0.6 is 11.6 Å². The minimum absolute atomic E-state index is 0.0668. The van der Waals surface area contributed by atoms with Crippen molar-refractivity contribution in [3.05, 3.63) is 34.1 Å². The number of ether oxygens (including phenoxy) is 2. The molecular weight excluding hydrogens is 418 g/mol. The Hall–Kier alpha value is -2.26. The first-order valence-corrected chi connectivity index (χ1v) is 11.6. The maximum Gasteiger partial charge on any atom is 0.228 e. The summed E-state index contributed by atoms with van der Waals surface area (Å²) in [6, 6.07) is 3.19. The van der Waals surface area contributed by atoms with E-state index in [-0.39, 0.29) is 29.9 Å². The van der Waals surface area contributed by atoms with Crippen molar-refractivity contribution in [2.45, 2.75) is 32.7 Å². The fourth-order valence-electron chi connectivity index (χ4n) is 3.77. The van der Waals surface area contributed by atoms with Crippen LogP contribution in [0.25, 0.3) is 0 Å². The van der Waals surface area contributed by atoms with Gasteiger partial charge in [0.05, 0.1) is 41.0 Å². The quantitative estimate of drug-likeness (QED) is 0.785. The Morgan fingerprint density at radius 1 is 1.28 bits per heavy atom. The maximum atomic E-state index is 12.7. The van der Waals surface area contributed by atoms with Crippen molar-refractivity contribution in [3.63, 3.8) is 0 Å². The van der Waals surface area contributed by atoms with Crippen molar-refractivity contribution in [3.8, 4) is 11.5 Å². The summed E-state index contributed by atoms with van der Waals surface area (Å²) in [5.74, 6) is 1.15. The first kappa shape index (κ1) is 20.0. The number of anilines is 1. The average Bonchev–Trinajstić information content (AvgIpc) is 3.16. The monoisotopic (exact) mass is 439 g/mol. The summed E-state index contributed by atoms with van der Waals surface area (Å²) in [5, 5.41) is 7.80. The molecule has 2 aliphatic heterocycles. The van der Waals surface area contributed by atoms with Crippen LogP contribution in [-0.2, 0) is 21.1 Å². The van der Waals surface area contributed by atoms with Crippen LogP contribution in [0.1, 0.15) is 29.4 Å². The lowest BCUT2D eigenvalue weighted by Crippen LogP contribution is -2.18. The second kappa shape index (κ2) is 7.53. The van der Waals surface area contributed by atoms with Gasteiger partial charge < -0.3 is 14.8 Å². The topological polar surface area (TPSA) is 99.5 Å². The van der Waals surface area contributed by atoms with Crippen molar-refractivity contribution in [2.24, 2.45) is 0 Å². The highest BCUT2D eigenvalue weighted by atomic mass is 35.5. The Balaban J connectivity index is 1.51. The standard InChI is InChI=1S/C19H22ClN3O5S/c1-11-19(12(2)23(22-11)14-3-6-29(25,26)10-14)21-18(24)8-13-7-16-17(9-15(13)20)28-5-4-27-16/h7,9,14H,3-6,8,10H2,1-2H3,(H,21,24). The lowest BCUT2D eigenvalue weighted by Gasteiger charge is -2.19. The van der Waals surface area contributed by atoms with Gasteiger partial charge in [0.2, 0.25) is 5.91 Å². The zero-order valence-electron chi connectivity index (χ0n) is 16.2. The molecule has 2 aliphatic rings. The van der Waals surface area contributed by atoms with E-state index < -0.39 is 9.84 Å². The third kappa shape index (κ3) is 4.06. The third-order valence-corrected chi connectivity index (χ3v) is 7.31. The van der Waals surface area contributed by atoms with E-state index >= 15 is 0 Å². The number of nitrogens with zero attached hydrogens (tertiary/aromatic N) is 2. The van der Waals surface area contributed by atoms with Gasteiger partial charge in [0.1, 0.15) is 13.2 Å². The number of sulfone groups is 1. The second-order valence-electron chi connectivity index (χ2n) is 7.36. The molecule has 3 heterocycles. The van der Waals surface area contributed by atoms with Crippen LogP contribution in [0, 0.1) is 13.8 Å². The largest absolute Gasteiger partial charge is 0.486 e. The summed E-state index contributed by atoms with van der Waals surface area (Å²) in [6.07, 6.45) is 0.599. The molecule has 1 atom stereocenters.